The van der Waals surface area contributed by atoms with Gasteiger partial charge in [0.2, 0.25) is 11.8 Å². The largest absolute Gasteiger partial charge is 0.351 e. The van der Waals surface area contributed by atoms with E-state index in [-0.39, 0.29) is 35.5 Å². The van der Waals surface area contributed by atoms with Crippen LogP contribution in [0.3, 0.4) is 0 Å². The summed E-state index contributed by atoms with van der Waals surface area (Å²) in [5.74, 6) is -0.00932. The van der Waals surface area contributed by atoms with Crippen LogP contribution in [0.4, 0.5) is 0 Å². The van der Waals surface area contributed by atoms with E-state index in [4.69, 9.17) is 5.73 Å². The molecule has 126 valence electrons. The van der Waals surface area contributed by atoms with Gasteiger partial charge in [0.1, 0.15) is 0 Å². The number of nitrogens with zero attached hydrogens (tertiary/aromatic N) is 1. The van der Waals surface area contributed by atoms with Crippen molar-refractivity contribution in [2.75, 3.05) is 6.54 Å². The van der Waals surface area contributed by atoms with Crippen molar-refractivity contribution in [1.29, 1.82) is 0 Å². The lowest BCUT2D eigenvalue weighted by molar-refractivity contribution is -0.133. The van der Waals surface area contributed by atoms with E-state index < -0.39 is 0 Å². The summed E-state index contributed by atoms with van der Waals surface area (Å²) < 4.78 is 0. The molecule has 4 N–H and O–H groups in total. The lowest BCUT2D eigenvalue weighted by Crippen LogP contribution is -2.59. The lowest BCUT2D eigenvalue weighted by Gasteiger charge is -2.43. The van der Waals surface area contributed by atoms with Crippen molar-refractivity contribution in [2.24, 2.45) is 5.73 Å². The van der Waals surface area contributed by atoms with Crippen LogP contribution in [0.15, 0.2) is 0 Å². The van der Waals surface area contributed by atoms with Gasteiger partial charge in [-0.1, -0.05) is 0 Å². The summed E-state index contributed by atoms with van der Waals surface area (Å²) in [6, 6.07) is 0.0613. The molecule has 4 unspecified atom stereocenters. The summed E-state index contributed by atoms with van der Waals surface area (Å²) in [5.41, 5.74) is 5.89. The van der Waals surface area contributed by atoms with Gasteiger partial charge in [-0.3, -0.25) is 9.59 Å². The zero-order chi connectivity index (χ0) is 16.5. The van der Waals surface area contributed by atoms with Crippen molar-refractivity contribution in [3.05, 3.63) is 0 Å². The molecule has 0 radical (unpaired) electrons. The number of nitrogens with two attached hydrogens (primary N) is 1. The van der Waals surface area contributed by atoms with E-state index in [9.17, 15) is 9.59 Å². The number of likely N-dealkylation sites (tertiary alicyclic amines) is 1. The maximum atomic E-state index is 12.2. The van der Waals surface area contributed by atoms with Gasteiger partial charge in [0.05, 0.1) is 18.1 Å². The normalized spacial score (nSPS) is 33.1. The van der Waals surface area contributed by atoms with E-state index in [1.807, 2.05) is 4.90 Å². The van der Waals surface area contributed by atoms with Crippen molar-refractivity contribution >= 4 is 11.8 Å². The highest BCUT2D eigenvalue weighted by molar-refractivity contribution is 5.84. The SMILES string of the molecule is CC(=O)NC1CC(NC(C)(C)C)CCC1N1CCC(N)C1=O. The van der Waals surface area contributed by atoms with Gasteiger partial charge >= 0.3 is 0 Å². The fourth-order valence-corrected chi connectivity index (χ4v) is 3.74. The van der Waals surface area contributed by atoms with Gasteiger partial charge in [0.15, 0.2) is 0 Å². The van der Waals surface area contributed by atoms with E-state index in [1.54, 1.807) is 0 Å². The minimum absolute atomic E-state index is 0.000324. The molecule has 0 aromatic rings. The third-order valence-corrected chi connectivity index (χ3v) is 4.52. The van der Waals surface area contributed by atoms with Crippen LogP contribution in [-0.4, -0.2) is 53.0 Å². The molecule has 1 saturated carbocycles. The third-order valence-electron chi connectivity index (χ3n) is 4.52. The highest BCUT2D eigenvalue weighted by Gasteiger charge is 2.41. The number of hydrogen-bond donors (Lipinski definition) is 3. The Bertz CT molecular complexity index is 432. The standard InChI is InChI=1S/C16H30N4O2/c1-10(21)18-13-9-11(19-16(2,3)4)5-6-14(13)20-8-7-12(17)15(20)22/h11-14,19H,5-9,17H2,1-4H3,(H,18,21). The molecule has 2 fully saturated rings. The Labute approximate surface area is 133 Å². The average Bonchev–Trinajstić information content (AvgIpc) is 2.68. The van der Waals surface area contributed by atoms with E-state index in [0.29, 0.717) is 19.0 Å². The Hall–Kier alpha value is -1.14. The lowest BCUT2D eigenvalue weighted by atomic mass is 9.84. The molecule has 6 nitrogen and oxygen atoms in total. The van der Waals surface area contributed by atoms with Gasteiger partial charge in [-0.2, -0.15) is 0 Å². The second-order valence-electron chi connectivity index (χ2n) is 7.71. The molecular formula is C16H30N4O2. The molecule has 6 heteroatoms. The van der Waals surface area contributed by atoms with Gasteiger partial charge in [-0.15, -0.1) is 0 Å². The highest BCUT2D eigenvalue weighted by atomic mass is 16.2. The van der Waals surface area contributed by atoms with Gasteiger partial charge in [-0.05, 0) is 46.5 Å². The van der Waals surface area contributed by atoms with Crippen molar-refractivity contribution in [2.45, 2.75) is 83.1 Å². The van der Waals surface area contributed by atoms with Crippen molar-refractivity contribution in [3.63, 3.8) is 0 Å². The van der Waals surface area contributed by atoms with Gasteiger partial charge in [0.25, 0.3) is 0 Å². The molecule has 1 aliphatic carbocycles. The van der Waals surface area contributed by atoms with Crippen LogP contribution in [0, 0.1) is 0 Å². The Kier molecular flexibility index (Phi) is 5.12. The number of amides is 2. The van der Waals surface area contributed by atoms with Crippen molar-refractivity contribution in [3.8, 4) is 0 Å². The first-order valence-electron chi connectivity index (χ1n) is 8.28. The van der Waals surface area contributed by atoms with E-state index in [2.05, 4.69) is 31.4 Å². The number of nitrogens with one attached hydrogen (secondary N) is 2. The monoisotopic (exact) mass is 310 g/mol. The van der Waals surface area contributed by atoms with Crippen LogP contribution in [0.2, 0.25) is 0 Å². The van der Waals surface area contributed by atoms with E-state index in [0.717, 1.165) is 19.3 Å². The first-order chi connectivity index (χ1) is 10.2. The quantitative estimate of drug-likeness (QED) is 0.702. The van der Waals surface area contributed by atoms with E-state index >= 15 is 0 Å². The number of carbonyl (C=O) groups excluding carboxylic acids is 2. The van der Waals surface area contributed by atoms with Crippen molar-refractivity contribution in [1.82, 2.24) is 15.5 Å². The molecule has 4 atom stereocenters. The Morgan fingerprint density at radius 1 is 1.27 bits per heavy atom. The molecule has 0 aromatic carbocycles. The van der Waals surface area contributed by atoms with Crippen molar-refractivity contribution < 1.29 is 9.59 Å². The average molecular weight is 310 g/mol. The summed E-state index contributed by atoms with van der Waals surface area (Å²) in [4.78, 5) is 25.7. The maximum absolute atomic E-state index is 12.2. The third kappa shape index (κ3) is 4.20. The number of hydrogen-bond acceptors (Lipinski definition) is 4. The molecule has 1 saturated heterocycles. The summed E-state index contributed by atoms with van der Waals surface area (Å²) in [5, 5.41) is 6.66. The zero-order valence-electron chi connectivity index (χ0n) is 14.2. The van der Waals surface area contributed by atoms with Crippen LogP contribution in [0.5, 0.6) is 0 Å². The first kappa shape index (κ1) is 17.2. The van der Waals surface area contributed by atoms with Gasteiger partial charge in [0, 0.05) is 25.0 Å². The molecular weight excluding hydrogens is 280 g/mol. The first-order valence-corrected chi connectivity index (χ1v) is 8.28. The fourth-order valence-electron chi connectivity index (χ4n) is 3.74. The van der Waals surface area contributed by atoms with Crippen LogP contribution >= 0.6 is 0 Å². The minimum Gasteiger partial charge on any atom is -0.351 e. The Balaban J connectivity index is 2.07. The van der Waals surface area contributed by atoms with Gasteiger partial charge < -0.3 is 21.3 Å². The summed E-state index contributed by atoms with van der Waals surface area (Å²) in [7, 11) is 0. The maximum Gasteiger partial charge on any atom is 0.239 e. The van der Waals surface area contributed by atoms with Crippen LogP contribution in [0.1, 0.15) is 53.4 Å². The molecule has 1 aliphatic heterocycles. The van der Waals surface area contributed by atoms with Crippen LogP contribution in [-0.2, 0) is 9.59 Å². The topological polar surface area (TPSA) is 87.5 Å². The smallest absolute Gasteiger partial charge is 0.239 e. The predicted octanol–water partition coefficient (Wildman–Crippen LogP) is 0.360. The molecule has 22 heavy (non-hydrogen) atoms. The molecule has 1 heterocycles. The van der Waals surface area contributed by atoms with Crippen LogP contribution < -0.4 is 16.4 Å². The van der Waals surface area contributed by atoms with E-state index in [1.165, 1.54) is 6.92 Å². The number of carbonyl (C=O) groups is 2. The Morgan fingerprint density at radius 3 is 2.45 bits per heavy atom. The predicted molar refractivity (Wildman–Crippen MR) is 86.2 cm³/mol. The van der Waals surface area contributed by atoms with Crippen LogP contribution in [0.25, 0.3) is 0 Å². The van der Waals surface area contributed by atoms with Gasteiger partial charge in [-0.25, -0.2) is 0 Å². The molecule has 0 aromatic heterocycles. The second-order valence-corrected chi connectivity index (χ2v) is 7.71. The summed E-state index contributed by atoms with van der Waals surface area (Å²) >= 11 is 0. The highest BCUT2D eigenvalue weighted by Crippen LogP contribution is 2.28. The molecule has 2 amide bonds. The Morgan fingerprint density at radius 2 is 1.95 bits per heavy atom. The minimum atomic E-state index is -0.372. The summed E-state index contributed by atoms with van der Waals surface area (Å²) in [6.45, 7) is 8.69. The molecule has 0 bridgehead atoms. The second kappa shape index (κ2) is 6.54. The fraction of sp³-hybridized carbons (Fsp3) is 0.875. The zero-order valence-corrected chi connectivity index (χ0v) is 14.2. The summed E-state index contributed by atoms with van der Waals surface area (Å²) in [6.07, 6.45) is 3.47. The number of rotatable bonds is 3. The molecule has 2 aliphatic rings. The molecule has 0 spiro atoms. The molecule has 2 rings (SSSR count).